The molecule has 0 aliphatic carbocycles. The van der Waals surface area contributed by atoms with E-state index < -0.39 is 10.0 Å². The van der Waals surface area contributed by atoms with E-state index in [0.717, 1.165) is 5.56 Å². The average molecular weight is 270 g/mol. The van der Waals surface area contributed by atoms with Crippen molar-refractivity contribution in [3.8, 4) is 0 Å². The molecule has 0 bridgehead atoms. The summed E-state index contributed by atoms with van der Waals surface area (Å²) in [4.78, 5) is 0. The zero-order valence-electron chi connectivity index (χ0n) is 11.4. The van der Waals surface area contributed by atoms with Gasteiger partial charge in [0.2, 0.25) is 10.0 Å². The Labute approximate surface area is 110 Å². The van der Waals surface area contributed by atoms with Crippen molar-refractivity contribution in [3.05, 3.63) is 23.8 Å². The van der Waals surface area contributed by atoms with Gasteiger partial charge >= 0.3 is 0 Å². The van der Waals surface area contributed by atoms with E-state index in [0.29, 0.717) is 17.8 Å². The van der Waals surface area contributed by atoms with Crippen molar-refractivity contribution < 1.29 is 8.42 Å². The molecule has 0 saturated carbocycles. The second-order valence-electron chi connectivity index (χ2n) is 5.77. The molecule has 0 unspecified atom stereocenters. The Bertz CT molecular complexity index is 496. The monoisotopic (exact) mass is 270 g/mol. The van der Waals surface area contributed by atoms with E-state index in [2.05, 4.69) is 4.72 Å². The quantitative estimate of drug-likeness (QED) is 0.826. The van der Waals surface area contributed by atoms with Crippen LogP contribution in [0.5, 0.6) is 0 Å². The fourth-order valence-corrected chi connectivity index (χ4v) is 3.05. The molecule has 1 rings (SSSR count). The molecule has 0 heterocycles. The summed E-state index contributed by atoms with van der Waals surface area (Å²) in [6.07, 6.45) is 0.605. The highest BCUT2D eigenvalue weighted by molar-refractivity contribution is 7.92. The zero-order chi connectivity index (χ0) is 14.0. The van der Waals surface area contributed by atoms with Gasteiger partial charge in [0.1, 0.15) is 0 Å². The molecule has 0 atom stereocenters. The minimum absolute atomic E-state index is 0.00791. The fraction of sp³-hybridized carbons (Fsp3) is 0.538. The van der Waals surface area contributed by atoms with Crippen molar-refractivity contribution in [1.29, 1.82) is 0 Å². The number of rotatable bonds is 4. The van der Waals surface area contributed by atoms with Gasteiger partial charge in [-0.15, -0.1) is 0 Å². The molecule has 0 radical (unpaired) electrons. The van der Waals surface area contributed by atoms with E-state index in [-0.39, 0.29) is 11.2 Å². The number of nitrogen functional groups attached to an aromatic ring is 1. The van der Waals surface area contributed by atoms with Crippen LogP contribution in [0.3, 0.4) is 0 Å². The number of benzene rings is 1. The number of para-hydroxylation sites is 1. The standard InChI is InChI=1S/C13H22N2O2S/c1-10-6-5-7-11(14)12(10)15-18(16,17)9-8-13(2,3)4/h5-7,15H,8-9,14H2,1-4H3. The van der Waals surface area contributed by atoms with Gasteiger partial charge in [0.25, 0.3) is 0 Å². The van der Waals surface area contributed by atoms with Crippen LogP contribution in [0.15, 0.2) is 18.2 Å². The Morgan fingerprint density at radius 1 is 1.28 bits per heavy atom. The van der Waals surface area contributed by atoms with Crippen LogP contribution in [0.25, 0.3) is 0 Å². The number of aryl methyl sites for hydroxylation is 1. The lowest BCUT2D eigenvalue weighted by atomic mass is 9.94. The van der Waals surface area contributed by atoms with Crippen LogP contribution in [0.2, 0.25) is 0 Å². The molecule has 1 aromatic rings. The summed E-state index contributed by atoms with van der Waals surface area (Å²) in [5.41, 5.74) is 7.55. The molecular formula is C13H22N2O2S. The van der Waals surface area contributed by atoms with E-state index in [1.807, 2.05) is 33.8 Å². The Balaban J connectivity index is 2.84. The van der Waals surface area contributed by atoms with E-state index in [1.165, 1.54) is 0 Å². The maximum absolute atomic E-state index is 12.0. The third-order valence-corrected chi connectivity index (χ3v) is 3.94. The molecule has 102 valence electrons. The maximum Gasteiger partial charge on any atom is 0.232 e. The van der Waals surface area contributed by atoms with Gasteiger partial charge in [0.15, 0.2) is 0 Å². The topological polar surface area (TPSA) is 72.2 Å². The summed E-state index contributed by atoms with van der Waals surface area (Å²) in [5.74, 6) is 0.101. The highest BCUT2D eigenvalue weighted by Crippen LogP contribution is 2.25. The van der Waals surface area contributed by atoms with Crippen LogP contribution in [0.4, 0.5) is 11.4 Å². The van der Waals surface area contributed by atoms with Crippen LogP contribution in [-0.2, 0) is 10.0 Å². The SMILES string of the molecule is Cc1cccc(N)c1NS(=O)(=O)CCC(C)(C)C. The first-order valence-corrected chi connectivity index (χ1v) is 7.61. The number of nitrogens with two attached hydrogens (primary N) is 1. The van der Waals surface area contributed by atoms with Crippen molar-refractivity contribution >= 4 is 21.4 Å². The van der Waals surface area contributed by atoms with Crippen molar-refractivity contribution in [3.63, 3.8) is 0 Å². The van der Waals surface area contributed by atoms with Crippen LogP contribution < -0.4 is 10.5 Å². The van der Waals surface area contributed by atoms with Crippen molar-refractivity contribution in [2.45, 2.75) is 34.1 Å². The molecule has 0 aromatic heterocycles. The summed E-state index contributed by atoms with van der Waals surface area (Å²) in [5, 5.41) is 0. The van der Waals surface area contributed by atoms with Gasteiger partial charge in [-0.05, 0) is 30.4 Å². The van der Waals surface area contributed by atoms with Crippen LogP contribution in [0, 0.1) is 12.3 Å². The zero-order valence-corrected chi connectivity index (χ0v) is 12.3. The maximum atomic E-state index is 12.0. The molecule has 0 spiro atoms. The van der Waals surface area contributed by atoms with Crippen LogP contribution >= 0.6 is 0 Å². The predicted molar refractivity (Wildman–Crippen MR) is 77.1 cm³/mol. The average Bonchev–Trinajstić information content (AvgIpc) is 2.20. The molecule has 0 amide bonds. The van der Waals surface area contributed by atoms with Gasteiger partial charge in [-0.1, -0.05) is 32.9 Å². The summed E-state index contributed by atoms with van der Waals surface area (Å²) >= 11 is 0. The van der Waals surface area contributed by atoms with Gasteiger partial charge in [-0.2, -0.15) is 0 Å². The normalized spacial score (nSPS) is 12.4. The highest BCUT2D eigenvalue weighted by atomic mass is 32.2. The van der Waals surface area contributed by atoms with E-state index in [9.17, 15) is 8.42 Å². The second-order valence-corrected chi connectivity index (χ2v) is 7.61. The first-order valence-electron chi connectivity index (χ1n) is 5.96. The fourth-order valence-electron chi connectivity index (χ4n) is 1.48. The van der Waals surface area contributed by atoms with Gasteiger partial charge in [0.05, 0.1) is 17.1 Å². The predicted octanol–water partition coefficient (Wildman–Crippen LogP) is 2.76. The summed E-state index contributed by atoms with van der Waals surface area (Å²) < 4.78 is 26.5. The minimum atomic E-state index is -3.34. The summed E-state index contributed by atoms with van der Waals surface area (Å²) in [6.45, 7) is 7.89. The number of sulfonamides is 1. The molecule has 0 aliphatic heterocycles. The number of nitrogens with one attached hydrogen (secondary N) is 1. The molecule has 1 aromatic carbocycles. The molecule has 3 N–H and O–H groups in total. The third-order valence-electron chi connectivity index (χ3n) is 2.68. The van der Waals surface area contributed by atoms with Gasteiger partial charge in [-0.3, -0.25) is 4.72 Å². The second kappa shape index (κ2) is 5.18. The van der Waals surface area contributed by atoms with Crippen LogP contribution in [-0.4, -0.2) is 14.2 Å². The van der Waals surface area contributed by atoms with Gasteiger partial charge in [-0.25, -0.2) is 8.42 Å². The minimum Gasteiger partial charge on any atom is -0.397 e. The Morgan fingerprint density at radius 2 is 1.89 bits per heavy atom. The van der Waals surface area contributed by atoms with Crippen LogP contribution in [0.1, 0.15) is 32.8 Å². The van der Waals surface area contributed by atoms with E-state index in [1.54, 1.807) is 12.1 Å². The Hall–Kier alpha value is -1.23. The highest BCUT2D eigenvalue weighted by Gasteiger charge is 2.18. The first kappa shape index (κ1) is 14.8. The molecule has 0 aliphatic rings. The number of hydrogen-bond acceptors (Lipinski definition) is 3. The molecule has 5 heteroatoms. The molecule has 18 heavy (non-hydrogen) atoms. The van der Waals surface area contributed by atoms with E-state index in [4.69, 9.17) is 5.73 Å². The molecule has 4 nitrogen and oxygen atoms in total. The molecular weight excluding hydrogens is 248 g/mol. The number of hydrogen-bond donors (Lipinski definition) is 2. The third kappa shape index (κ3) is 4.56. The lowest BCUT2D eigenvalue weighted by molar-refractivity contribution is 0.397. The summed E-state index contributed by atoms with van der Waals surface area (Å²) in [6, 6.07) is 5.32. The number of anilines is 2. The molecule has 0 saturated heterocycles. The summed E-state index contributed by atoms with van der Waals surface area (Å²) in [7, 11) is -3.34. The molecule has 0 fully saturated rings. The van der Waals surface area contributed by atoms with Gasteiger partial charge < -0.3 is 5.73 Å². The Morgan fingerprint density at radius 3 is 2.39 bits per heavy atom. The van der Waals surface area contributed by atoms with E-state index >= 15 is 0 Å². The lowest BCUT2D eigenvalue weighted by Gasteiger charge is -2.19. The first-order chi connectivity index (χ1) is 8.11. The van der Waals surface area contributed by atoms with Crippen molar-refractivity contribution in [2.75, 3.05) is 16.2 Å². The largest absolute Gasteiger partial charge is 0.397 e. The smallest absolute Gasteiger partial charge is 0.232 e. The Kier molecular flexibility index (Phi) is 4.27. The van der Waals surface area contributed by atoms with Crippen molar-refractivity contribution in [2.24, 2.45) is 5.41 Å². The van der Waals surface area contributed by atoms with Crippen molar-refractivity contribution in [1.82, 2.24) is 0 Å². The van der Waals surface area contributed by atoms with Gasteiger partial charge in [0, 0.05) is 0 Å². The lowest BCUT2D eigenvalue weighted by Crippen LogP contribution is -2.21.